The van der Waals surface area contributed by atoms with Crippen molar-refractivity contribution in [3.05, 3.63) is 0 Å². The van der Waals surface area contributed by atoms with Crippen molar-refractivity contribution in [2.45, 2.75) is 271 Å². The monoisotopic (exact) mass is 2130 g/mol. The van der Waals surface area contributed by atoms with Crippen molar-refractivity contribution in [3.63, 3.8) is 0 Å². The second kappa shape index (κ2) is 73.9. The molecule has 16 amide bonds. The highest BCUT2D eigenvalue weighted by Gasteiger charge is 2.40. The van der Waals surface area contributed by atoms with Crippen molar-refractivity contribution in [2.24, 2.45) is 68.8 Å². The van der Waals surface area contributed by atoms with Gasteiger partial charge in [0.15, 0.2) is 65.6 Å². The number of nitrogens with one attached hydrogen (secondary N) is 37. The Kier molecular flexibility index (Phi) is 64.6. The van der Waals surface area contributed by atoms with Crippen LogP contribution < -0.4 is 207 Å². The number of carbonyl (C=O) groups is 17. The zero-order chi connectivity index (χ0) is 113. The lowest BCUT2D eigenvalue weighted by atomic mass is 10.0. The number of amides is 16. The molecule has 0 aromatic heterocycles. The SMILES string of the molecule is CC(=O)N[C@@H](CCCNC(=N)N)C(=O)N[C@@H](CCCNC(=N)N)C(=O)N[C@@H](CCCNC(=N)N)C(=O)N[C@H]1CCCCNC(=O)C[C@@H](C(=O)N[C@@H](CCCNC(=N)N)C(=O)N[C@@H](CCCNC(=N)N)C(=O)N[C@@H](CCCNC(=N)N)C(=O)N[C@@H](CCCNC(=N)N)C(=O)N[C@@H](CCCNC(=N)N)C(=O)N[C@@H](CCCNC(=N)N)C(=O)O)NC(=O)[C@H](CCC(N)=O)NC(=O)[C@H](CCCNC(=N)N)NC(=O)[C@H](CCCNC(=N)N)NC1=O. The fourth-order valence-corrected chi connectivity index (χ4v) is 14.5. The minimum atomic E-state index is -2.13. The maximum atomic E-state index is 15.4. The Hall–Kier alpha value is -17.0. The van der Waals surface area contributed by atoms with Gasteiger partial charge in [0.25, 0.3) is 0 Å². The van der Waals surface area contributed by atoms with E-state index >= 15 is 43.2 Å². The predicted octanol–water partition coefficient (Wildman–Crippen LogP) is -16.3. The van der Waals surface area contributed by atoms with E-state index in [9.17, 15) is 43.5 Å². The van der Waals surface area contributed by atoms with Gasteiger partial charge >= 0.3 is 5.97 Å². The van der Waals surface area contributed by atoms with Crippen molar-refractivity contribution >= 4 is 166 Å². The molecule has 0 aliphatic carbocycles. The van der Waals surface area contributed by atoms with E-state index in [4.69, 9.17) is 128 Å². The van der Waals surface area contributed by atoms with E-state index in [2.05, 4.69) is 138 Å². The molecule has 1 rings (SSSR count). The van der Waals surface area contributed by atoms with E-state index in [0.29, 0.717) is 0 Å². The molecular formula is C83H159N49O18. The third kappa shape index (κ3) is 61.9. The maximum absolute atomic E-state index is 15.4. The van der Waals surface area contributed by atoms with Crippen LogP contribution in [0.1, 0.15) is 187 Å². The number of rotatable bonds is 67. The highest BCUT2D eigenvalue weighted by Crippen LogP contribution is 2.16. The van der Waals surface area contributed by atoms with Gasteiger partial charge in [0, 0.05) is 91.9 Å². The van der Waals surface area contributed by atoms with E-state index < -0.39 is 277 Å². The highest BCUT2D eigenvalue weighted by atomic mass is 16.4. The molecule has 14 atom stereocenters. The zero-order valence-corrected chi connectivity index (χ0v) is 84.2. The second-order valence-corrected chi connectivity index (χ2v) is 34.8. The Morgan fingerprint density at radius 3 is 0.800 bits per heavy atom. The van der Waals surface area contributed by atoms with Crippen LogP contribution in [-0.2, 0) is 81.5 Å². The van der Waals surface area contributed by atoms with Crippen LogP contribution in [0.25, 0.3) is 0 Å². The third-order valence-corrected chi connectivity index (χ3v) is 22.1. The molecule has 0 radical (unpaired) electrons. The molecule has 844 valence electrons. The molecule has 0 aromatic carbocycles. The van der Waals surface area contributed by atoms with Gasteiger partial charge in [0.1, 0.15) is 84.6 Å². The van der Waals surface area contributed by atoms with Gasteiger partial charge in [-0.05, 0) is 167 Å². The molecule has 150 heavy (non-hydrogen) atoms. The van der Waals surface area contributed by atoms with Crippen molar-refractivity contribution in [1.82, 2.24) is 138 Å². The number of hydrogen-bond acceptors (Lipinski definition) is 28. The fourth-order valence-electron chi connectivity index (χ4n) is 14.5. The summed E-state index contributed by atoms with van der Waals surface area (Å²) in [6.07, 6.45) is -6.45. The van der Waals surface area contributed by atoms with E-state index in [1.165, 1.54) is 0 Å². The maximum Gasteiger partial charge on any atom is 0.326 e. The topological polar surface area (TPSA) is 1200 Å². The number of hydrogen-bond donors (Lipinski definition) is 50. The Bertz CT molecular complexity index is 4570. The zero-order valence-electron chi connectivity index (χ0n) is 84.2. The van der Waals surface area contributed by atoms with Gasteiger partial charge in [-0.2, -0.15) is 0 Å². The number of carboxylic acids is 1. The van der Waals surface area contributed by atoms with Gasteiger partial charge in [-0.15, -0.1) is 0 Å². The first-order valence-electron chi connectivity index (χ1n) is 48.7. The Balaban J connectivity index is 4.53. The fraction of sp³-hybridized carbons (Fsp3) is 0.663. The van der Waals surface area contributed by atoms with Crippen LogP contribution in [0.4, 0.5) is 0 Å². The van der Waals surface area contributed by atoms with Crippen molar-refractivity contribution in [3.8, 4) is 0 Å². The average Bonchev–Trinajstić information content (AvgIpc) is 0.853. The summed E-state index contributed by atoms with van der Waals surface area (Å²) in [5, 5.41) is 161. The molecule has 1 saturated heterocycles. The molecule has 0 saturated carbocycles. The van der Waals surface area contributed by atoms with Crippen LogP contribution in [-0.4, -0.2) is 334 Å². The smallest absolute Gasteiger partial charge is 0.326 e. The van der Waals surface area contributed by atoms with Crippen LogP contribution in [0, 0.1) is 59.5 Å². The number of nitrogens with two attached hydrogens (primary N) is 12. The van der Waals surface area contributed by atoms with Gasteiger partial charge in [-0.25, -0.2) is 4.79 Å². The molecule has 1 aliphatic rings. The first-order chi connectivity index (χ1) is 70.8. The molecular weight excluding hydrogens is 1970 g/mol. The quantitative estimate of drug-likeness (QED) is 0.0153. The first-order valence-corrected chi connectivity index (χ1v) is 48.7. The summed E-state index contributed by atoms with van der Waals surface area (Å²) in [4.78, 5) is 246. The van der Waals surface area contributed by atoms with Crippen LogP contribution in [0.2, 0.25) is 0 Å². The lowest BCUT2D eigenvalue weighted by molar-refractivity contribution is -0.142. The molecule has 0 aromatic rings. The first kappa shape index (κ1) is 131. The summed E-state index contributed by atoms with van der Waals surface area (Å²) in [5.74, 6) is -23.9. The predicted molar refractivity (Wildman–Crippen MR) is 551 cm³/mol. The summed E-state index contributed by atoms with van der Waals surface area (Å²) in [7, 11) is 0. The number of aliphatic carboxylic acids is 1. The summed E-state index contributed by atoms with van der Waals surface area (Å²) >= 11 is 0. The molecule has 67 heteroatoms. The van der Waals surface area contributed by atoms with Gasteiger partial charge in [-0.1, -0.05) is 0 Å². The number of guanidine groups is 11. The molecule has 62 N–H and O–H groups in total. The van der Waals surface area contributed by atoms with E-state index in [0.717, 1.165) is 6.92 Å². The van der Waals surface area contributed by atoms with Gasteiger partial charge in [0.05, 0.1) is 6.42 Å². The van der Waals surface area contributed by atoms with Gasteiger partial charge in [-0.3, -0.25) is 136 Å². The standard InChI is InChI=1S/C83H159N49O18/c1-42(133)119-43(16-4-30-108-73(85)86)59(136)121-45(17-5-31-109-74(87)88)62(139)123-46(18-6-32-110-75(89)90)61(138)120-44-15-2-3-29-107-58(135)41-56(132-70(147)54(27-28-57(84)134)130-68(145)51(23-11-37-115-80(99)100)127-63(140)47(122-60(44)137)19-7-33-111-76(91)92)71(148)129-52(24-12-38-116-81(101)102)67(144)126-49(21-9-35-113-78(95)96)65(142)124-48(20-8-34-112-77(93)94)64(141)125-50(22-10-36-114-79(97)98)66(143)128-53(25-13-39-117-82(103)104)69(146)131-55(72(149)150)26-14-40-118-83(105)106/h43-56H,2-41H2,1H3,(H2,84,134)(H,107,135)(H,119,133)(H,120,138)(H,121,136)(H,122,137)(H,123,139)(H,124,142)(H,125,141)(H,126,144)(H,127,140)(H,128,143)(H,129,148)(H,130,145)(H,131,146)(H,132,147)(H,149,150)(H4,85,86,108)(H4,87,88,109)(H4,89,90,110)(H4,91,92,111)(H4,93,94,112)(H4,95,96,113)(H4,97,98,114)(H4,99,100,115)(H4,101,102,116)(H4,103,104,117)(H4,105,106,118)/t43-,44-,45-,46-,47-,48-,49-,50-,51-,52-,53-,54-,55-,56-/m0/s1. The van der Waals surface area contributed by atoms with Crippen molar-refractivity contribution in [1.29, 1.82) is 59.5 Å². The minimum absolute atomic E-state index is 0.00881. The van der Waals surface area contributed by atoms with Crippen LogP contribution in [0.3, 0.4) is 0 Å². The van der Waals surface area contributed by atoms with Crippen molar-refractivity contribution < 1.29 is 86.6 Å². The van der Waals surface area contributed by atoms with E-state index in [1.807, 2.05) is 0 Å². The lowest BCUT2D eigenvalue weighted by Gasteiger charge is -2.29. The molecule has 0 unspecified atom stereocenters. The summed E-state index contributed by atoms with van der Waals surface area (Å²) in [6, 6.07) is -23.8. The normalized spacial score (nSPS) is 16.6. The number of carboxylic acid groups (broad SMARTS) is 1. The lowest BCUT2D eigenvalue weighted by Crippen LogP contribution is -2.61. The molecule has 1 fully saturated rings. The Morgan fingerprint density at radius 1 is 0.300 bits per heavy atom. The second-order valence-electron chi connectivity index (χ2n) is 34.8. The molecule has 1 heterocycles. The van der Waals surface area contributed by atoms with Gasteiger partial charge in [0.2, 0.25) is 94.5 Å². The molecule has 67 nitrogen and oxygen atoms in total. The van der Waals surface area contributed by atoms with Crippen LogP contribution >= 0.6 is 0 Å². The third-order valence-electron chi connectivity index (χ3n) is 22.1. The van der Waals surface area contributed by atoms with E-state index in [-0.39, 0.29) is 232 Å². The van der Waals surface area contributed by atoms with E-state index in [1.54, 1.807) is 0 Å². The Labute approximate surface area is 865 Å². The van der Waals surface area contributed by atoms with Gasteiger partial charge < -0.3 is 212 Å². The largest absolute Gasteiger partial charge is 0.480 e. The molecule has 0 spiro atoms. The summed E-state index contributed by atoms with van der Waals surface area (Å²) in [6.45, 7) is 0.0564. The van der Waals surface area contributed by atoms with Crippen LogP contribution in [0.5, 0.6) is 0 Å². The number of carbonyl (C=O) groups excluding carboxylic acids is 16. The summed E-state index contributed by atoms with van der Waals surface area (Å²) in [5.41, 5.74) is 66.6. The van der Waals surface area contributed by atoms with Crippen LogP contribution in [0.15, 0.2) is 0 Å². The summed E-state index contributed by atoms with van der Waals surface area (Å²) < 4.78 is 0. The molecule has 1 aliphatic heterocycles. The molecule has 0 bridgehead atoms. The number of primary amides is 1. The van der Waals surface area contributed by atoms with Crippen molar-refractivity contribution in [2.75, 3.05) is 78.5 Å². The average molecular weight is 2130 g/mol. The highest BCUT2D eigenvalue weighted by molar-refractivity contribution is 6.02. The Morgan fingerprint density at radius 2 is 0.533 bits per heavy atom. The minimum Gasteiger partial charge on any atom is -0.480 e.